The van der Waals surface area contributed by atoms with Crippen LogP contribution in [0.4, 0.5) is 17.8 Å². The lowest BCUT2D eigenvalue weighted by atomic mass is 10.4. The van der Waals surface area contributed by atoms with Crippen molar-refractivity contribution in [2.45, 2.75) is 26.8 Å². The zero-order valence-electron chi connectivity index (χ0n) is 13.0. The van der Waals surface area contributed by atoms with E-state index >= 15 is 0 Å². The third-order valence-corrected chi connectivity index (χ3v) is 3.77. The fraction of sp³-hybridized carbons (Fsp3) is 0.500. The summed E-state index contributed by atoms with van der Waals surface area (Å²) >= 11 is 1.78. The molecule has 0 saturated heterocycles. The fourth-order valence-corrected chi connectivity index (χ4v) is 2.54. The molecule has 0 bridgehead atoms. The van der Waals surface area contributed by atoms with Crippen molar-refractivity contribution in [3.8, 4) is 0 Å². The molecule has 6 nitrogen and oxygen atoms in total. The number of anilines is 3. The predicted octanol–water partition coefficient (Wildman–Crippen LogP) is 2.74. The van der Waals surface area contributed by atoms with E-state index in [1.54, 1.807) is 11.3 Å². The van der Waals surface area contributed by atoms with Crippen LogP contribution in [0.15, 0.2) is 12.1 Å². The number of nitrogens with zero attached hydrogens (tertiary/aromatic N) is 4. The number of hydrogen-bond acceptors (Lipinski definition) is 7. The van der Waals surface area contributed by atoms with Gasteiger partial charge in [0, 0.05) is 30.4 Å². The quantitative estimate of drug-likeness (QED) is 0.820. The Balaban J connectivity index is 2.11. The molecule has 0 atom stereocenters. The number of aryl methyl sites for hydroxylation is 1. The van der Waals surface area contributed by atoms with E-state index in [0.717, 1.165) is 19.5 Å². The van der Waals surface area contributed by atoms with Gasteiger partial charge in [0.2, 0.25) is 17.8 Å². The molecule has 2 N–H and O–H groups in total. The van der Waals surface area contributed by atoms with Gasteiger partial charge in [-0.1, -0.05) is 6.92 Å². The van der Waals surface area contributed by atoms with Gasteiger partial charge in [-0.05, 0) is 25.5 Å². The second-order valence-corrected chi connectivity index (χ2v) is 6.34. The van der Waals surface area contributed by atoms with E-state index < -0.39 is 0 Å². The van der Waals surface area contributed by atoms with E-state index in [1.807, 2.05) is 19.0 Å². The Hall–Kier alpha value is -1.89. The van der Waals surface area contributed by atoms with Gasteiger partial charge in [0.05, 0.1) is 6.54 Å². The third-order valence-electron chi connectivity index (χ3n) is 2.77. The van der Waals surface area contributed by atoms with Gasteiger partial charge in [-0.2, -0.15) is 15.0 Å². The van der Waals surface area contributed by atoms with E-state index in [0.29, 0.717) is 17.8 Å². The molecule has 2 rings (SSSR count). The maximum absolute atomic E-state index is 4.42. The third kappa shape index (κ3) is 4.56. The first-order chi connectivity index (χ1) is 10.1. The van der Waals surface area contributed by atoms with Gasteiger partial charge in [0.25, 0.3) is 0 Å². The molecule has 0 aliphatic rings. The molecular weight excluding hydrogens is 284 g/mol. The molecule has 2 heterocycles. The largest absolute Gasteiger partial charge is 0.354 e. The Morgan fingerprint density at radius 3 is 2.38 bits per heavy atom. The summed E-state index contributed by atoms with van der Waals surface area (Å²) in [6.07, 6.45) is 1.03. The molecule has 2 aromatic heterocycles. The van der Waals surface area contributed by atoms with Crippen molar-refractivity contribution in [2.24, 2.45) is 0 Å². The molecule has 0 fully saturated rings. The molecule has 0 radical (unpaired) electrons. The topological polar surface area (TPSA) is 66.0 Å². The van der Waals surface area contributed by atoms with Gasteiger partial charge in [0.1, 0.15) is 0 Å². The van der Waals surface area contributed by atoms with Crippen LogP contribution in [0.2, 0.25) is 0 Å². The van der Waals surface area contributed by atoms with Gasteiger partial charge < -0.3 is 15.5 Å². The van der Waals surface area contributed by atoms with Crippen LogP contribution < -0.4 is 15.5 Å². The average molecular weight is 306 g/mol. The maximum Gasteiger partial charge on any atom is 0.231 e. The molecule has 0 amide bonds. The second-order valence-electron chi connectivity index (χ2n) is 4.97. The Morgan fingerprint density at radius 2 is 1.81 bits per heavy atom. The van der Waals surface area contributed by atoms with E-state index in [9.17, 15) is 0 Å². The first-order valence-corrected chi connectivity index (χ1v) is 7.86. The lowest BCUT2D eigenvalue weighted by Crippen LogP contribution is -2.17. The van der Waals surface area contributed by atoms with Crippen LogP contribution >= 0.6 is 11.3 Å². The zero-order valence-corrected chi connectivity index (χ0v) is 13.8. The van der Waals surface area contributed by atoms with Crippen LogP contribution in [0.25, 0.3) is 0 Å². The van der Waals surface area contributed by atoms with E-state index in [4.69, 9.17) is 0 Å². The summed E-state index contributed by atoms with van der Waals surface area (Å²) in [5.41, 5.74) is 0. The number of thiophene rings is 1. The highest BCUT2D eigenvalue weighted by Crippen LogP contribution is 2.17. The molecule has 0 aliphatic heterocycles. The first kappa shape index (κ1) is 15.5. The highest BCUT2D eigenvalue weighted by molar-refractivity contribution is 7.11. The van der Waals surface area contributed by atoms with E-state index in [2.05, 4.69) is 51.6 Å². The van der Waals surface area contributed by atoms with E-state index in [1.165, 1.54) is 9.75 Å². The monoisotopic (exact) mass is 306 g/mol. The molecule has 2 aromatic rings. The van der Waals surface area contributed by atoms with Crippen molar-refractivity contribution >= 4 is 29.2 Å². The molecule has 0 unspecified atom stereocenters. The van der Waals surface area contributed by atoms with Crippen molar-refractivity contribution in [1.29, 1.82) is 0 Å². The van der Waals surface area contributed by atoms with Gasteiger partial charge in [-0.3, -0.25) is 0 Å². The molecule has 0 aliphatic carbocycles. The summed E-state index contributed by atoms with van der Waals surface area (Å²) in [4.78, 5) is 17.7. The van der Waals surface area contributed by atoms with Crippen molar-refractivity contribution in [2.75, 3.05) is 36.2 Å². The SMILES string of the molecule is CCCNc1nc(NCc2ccc(C)s2)nc(N(C)C)n1. The zero-order chi connectivity index (χ0) is 15.2. The summed E-state index contributed by atoms with van der Waals surface area (Å²) in [7, 11) is 3.84. The van der Waals surface area contributed by atoms with Crippen molar-refractivity contribution < 1.29 is 0 Å². The molecule has 114 valence electrons. The lowest BCUT2D eigenvalue weighted by molar-refractivity contribution is 0.911. The highest BCUT2D eigenvalue weighted by Gasteiger charge is 2.08. The minimum absolute atomic E-state index is 0.596. The van der Waals surface area contributed by atoms with Crippen LogP contribution in [0.3, 0.4) is 0 Å². The maximum atomic E-state index is 4.42. The standard InChI is InChI=1S/C14H22N6S/c1-5-8-15-12-17-13(19-14(18-12)20(3)4)16-9-11-7-6-10(2)21-11/h6-7H,5,8-9H2,1-4H3,(H2,15,16,17,18,19). The van der Waals surface area contributed by atoms with Crippen LogP contribution in [0.1, 0.15) is 23.1 Å². The minimum atomic E-state index is 0.596. The van der Waals surface area contributed by atoms with Crippen LogP contribution in [-0.2, 0) is 6.54 Å². The molecule has 21 heavy (non-hydrogen) atoms. The Kier molecular flexibility index (Phi) is 5.32. The van der Waals surface area contributed by atoms with E-state index in [-0.39, 0.29) is 0 Å². The fourth-order valence-electron chi connectivity index (χ4n) is 1.71. The van der Waals surface area contributed by atoms with Crippen molar-refractivity contribution in [1.82, 2.24) is 15.0 Å². The molecule has 0 aromatic carbocycles. The predicted molar refractivity (Wildman–Crippen MR) is 89.3 cm³/mol. The van der Waals surface area contributed by atoms with Gasteiger partial charge in [0.15, 0.2) is 0 Å². The smallest absolute Gasteiger partial charge is 0.231 e. The first-order valence-electron chi connectivity index (χ1n) is 7.05. The summed E-state index contributed by atoms with van der Waals surface area (Å²) in [6, 6.07) is 4.24. The normalized spacial score (nSPS) is 10.5. The summed E-state index contributed by atoms with van der Waals surface area (Å²) < 4.78 is 0. The van der Waals surface area contributed by atoms with Gasteiger partial charge >= 0.3 is 0 Å². The molecule has 7 heteroatoms. The van der Waals surface area contributed by atoms with Crippen LogP contribution in [-0.4, -0.2) is 35.6 Å². The summed E-state index contributed by atoms with van der Waals surface area (Å²) in [5.74, 6) is 1.85. The van der Waals surface area contributed by atoms with Gasteiger partial charge in [-0.15, -0.1) is 11.3 Å². The molecule has 0 spiro atoms. The van der Waals surface area contributed by atoms with Crippen LogP contribution in [0.5, 0.6) is 0 Å². The van der Waals surface area contributed by atoms with Crippen LogP contribution in [0, 0.1) is 6.92 Å². The molecular formula is C14H22N6S. The Labute approximate surface area is 129 Å². The van der Waals surface area contributed by atoms with Crippen molar-refractivity contribution in [3.63, 3.8) is 0 Å². The highest BCUT2D eigenvalue weighted by atomic mass is 32.1. The minimum Gasteiger partial charge on any atom is -0.354 e. The molecule has 0 saturated carbocycles. The summed E-state index contributed by atoms with van der Waals surface area (Å²) in [6.45, 7) is 5.79. The lowest BCUT2D eigenvalue weighted by Gasteiger charge is -2.13. The second kappa shape index (κ2) is 7.21. The number of rotatable bonds is 7. The Morgan fingerprint density at radius 1 is 1.10 bits per heavy atom. The number of nitrogens with one attached hydrogen (secondary N) is 2. The van der Waals surface area contributed by atoms with Gasteiger partial charge in [-0.25, -0.2) is 0 Å². The Bertz CT molecular complexity index is 581. The number of hydrogen-bond donors (Lipinski definition) is 2. The number of aromatic nitrogens is 3. The van der Waals surface area contributed by atoms with Crippen molar-refractivity contribution in [3.05, 3.63) is 21.9 Å². The summed E-state index contributed by atoms with van der Waals surface area (Å²) in [5, 5.41) is 6.47. The average Bonchev–Trinajstić information content (AvgIpc) is 2.88.